The van der Waals surface area contributed by atoms with Crippen LogP contribution in [0.5, 0.6) is 0 Å². The van der Waals surface area contributed by atoms with Crippen molar-refractivity contribution >= 4 is 44.6 Å². The second kappa shape index (κ2) is 6.64. The van der Waals surface area contributed by atoms with Crippen molar-refractivity contribution < 1.29 is 4.79 Å². The van der Waals surface area contributed by atoms with E-state index < -0.39 is 0 Å². The van der Waals surface area contributed by atoms with Gasteiger partial charge < -0.3 is 16.0 Å². The summed E-state index contributed by atoms with van der Waals surface area (Å²) < 4.78 is 0.936. The molecule has 0 aliphatic rings. The van der Waals surface area contributed by atoms with Gasteiger partial charge in [-0.05, 0) is 52.2 Å². The molecular formula is C15H20ClN3OS. The van der Waals surface area contributed by atoms with Crippen molar-refractivity contribution in [2.45, 2.75) is 19.4 Å². The number of nitrogen functional groups attached to an aromatic ring is 1. The normalized spacial score (nSPS) is 12.8. The van der Waals surface area contributed by atoms with Gasteiger partial charge in [0.05, 0.1) is 5.69 Å². The van der Waals surface area contributed by atoms with Crippen molar-refractivity contribution in [1.82, 2.24) is 10.2 Å². The van der Waals surface area contributed by atoms with Crippen molar-refractivity contribution in [3.8, 4) is 0 Å². The highest BCUT2D eigenvalue weighted by Gasteiger charge is 2.18. The fourth-order valence-corrected chi connectivity index (χ4v) is 3.37. The number of nitrogens with zero attached hydrogens (tertiary/aromatic N) is 1. The Kier molecular flexibility index (Phi) is 5.08. The zero-order chi connectivity index (χ0) is 15.6. The minimum atomic E-state index is -0.115. The average molecular weight is 326 g/mol. The van der Waals surface area contributed by atoms with Crippen molar-refractivity contribution in [3.05, 3.63) is 28.1 Å². The number of nitrogens with one attached hydrogen (secondary N) is 1. The molecule has 114 valence electrons. The van der Waals surface area contributed by atoms with Gasteiger partial charge >= 0.3 is 0 Å². The first-order valence-corrected chi connectivity index (χ1v) is 8.01. The predicted octanol–water partition coefficient (Wildman–Crippen LogP) is 3.21. The van der Waals surface area contributed by atoms with Gasteiger partial charge in [-0.2, -0.15) is 0 Å². The summed E-state index contributed by atoms with van der Waals surface area (Å²) >= 11 is 7.36. The molecule has 6 heteroatoms. The van der Waals surface area contributed by atoms with E-state index in [-0.39, 0.29) is 11.9 Å². The van der Waals surface area contributed by atoms with Crippen LogP contribution in [0.2, 0.25) is 5.02 Å². The zero-order valence-electron chi connectivity index (χ0n) is 12.4. The number of nitrogens with two attached hydrogens (primary N) is 1. The second-order valence-electron chi connectivity index (χ2n) is 5.45. The summed E-state index contributed by atoms with van der Waals surface area (Å²) in [5.74, 6) is -0.115. The Labute approximate surface area is 133 Å². The summed E-state index contributed by atoms with van der Waals surface area (Å²) in [5.41, 5.74) is 6.62. The number of carbonyl (C=O) groups is 1. The number of hydrogen-bond donors (Lipinski definition) is 2. The van der Waals surface area contributed by atoms with Gasteiger partial charge in [0, 0.05) is 21.2 Å². The van der Waals surface area contributed by atoms with E-state index in [0.29, 0.717) is 15.6 Å². The Bertz CT molecular complexity index is 654. The van der Waals surface area contributed by atoms with Crippen LogP contribution < -0.4 is 11.1 Å². The van der Waals surface area contributed by atoms with E-state index in [2.05, 4.69) is 10.2 Å². The molecule has 3 N–H and O–H groups in total. The van der Waals surface area contributed by atoms with Gasteiger partial charge in [-0.3, -0.25) is 4.79 Å². The van der Waals surface area contributed by atoms with Crippen LogP contribution in [0.1, 0.15) is 23.0 Å². The summed E-state index contributed by atoms with van der Waals surface area (Å²) in [6.45, 7) is 2.93. The topological polar surface area (TPSA) is 58.4 Å². The first-order valence-electron chi connectivity index (χ1n) is 6.81. The minimum absolute atomic E-state index is 0.105. The second-order valence-corrected chi connectivity index (χ2v) is 6.94. The van der Waals surface area contributed by atoms with E-state index >= 15 is 0 Å². The summed E-state index contributed by atoms with van der Waals surface area (Å²) in [6.07, 6.45) is 0.898. The van der Waals surface area contributed by atoms with E-state index in [9.17, 15) is 4.79 Å². The van der Waals surface area contributed by atoms with Crippen LogP contribution in [0.25, 0.3) is 10.1 Å². The molecule has 0 fully saturated rings. The Morgan fingerprint density at radius 1 is 1.48 bits per heavy atom. The number of halogens is 1. The number of benzene rings is 1. The minimum Gasteiger partial charge on any atom is -0.397 e. The number of rotatable bonds is 5. The maximum Gasteiger partial charge on any atom is 0.263 e. The van der Waals surface area contributed by atoms with Gasteiger partial charge in [0.1, 0.15) is 4.88 Å². The van der Waals surface area contributed by atoms with Gasteiger partial charge in [0.15, 0.2) is 0 Å². The van der Waals surface area contributed by atoms with Crippen LogP contribution in [0.4, 0.5) is 5.69 Å². The molecule has 1 atom stereocenters. The molecule has 4 nitrogen and oxygen atoms in total. The summed E-state index contributed by atoms with van der Waals surface area (Å²) in [7, 11) is 4.03. The monoisotopic (exact) mass is 325 g/mol. The highest BCUT2D eigenvalue weighted by Crippen LogP contribution is 2.35. The molecule has 1 aromatic heterocycles. The molecule has 0 bridgehead atoms. The maximum atomic E-state index is 12.3. The molecule has 0 radical (unpaired) electrons. The molecule has 21 heavy (non-hydrogen) atoms. The number of anilines is 1. The molecule has 1 unspecified atom stereocenters. The maximum absolute atomic E-state index is 12.3. The van der Waals surface area contributed by atoms with Gasteiger partial charge in [-0.25, -0.2) is 0 Å². The van der Waals surface area contributed by atoms with Crippen LogP contribution >= 0.6 is 22.9 Å². The molecule has 2 rings (SSSR count). The van der Waals surface area contributed by atoms with E-state index in [4.69, 9.17) is 17.3 Å². The molecule has 2 aromatic rings. The van der Waals surface area contributed by atoms with Crippen molar-refractivity contribution in [3.63, 3.8) is 0 Å². The summed E-state index contributed by atoms with van der Waals surface area (Å²) in [4.78, 5) is 15.0. The number of fused-ring (bicyclic) bond motifs is 1. The molecule has 0 aliphatic carbocycles. The largest absolute Gasteiger partial charge is 0.397 e. The zero-order valence-corrected chi connectivity index (χ0v) is 14.0. The summed E-state index contributed by atoms with van der Waals surface area (Å²) in [6, 6.07) is 5.59. The molecule has 0 spiro atoms. The van der Waals surface area contributed by atoms with Crippen molar-refractivity contribution in [1.29, 1.82) is 0 Å². The van der Waals surface area contributed by atoms with E-state index in [1.807, 2.05) is 33.2 Å². The van der Waals surface area contributed by atoms with Gasteiger partial charge in [0.25, 0.3) is 5.91 Å². The molecule has 0 aliphatic heterocycles. The quantitative estimate of drug-likeness (QED) is 0.887. The Morgan fingerprint density at radius 2 is 2.19 bits per heavy atom. The number of thiophene rings is 1. The summed E-state index contributed by atoms with van der Waals surface area (Å²) in [5, 5.41) is 4.53. The standard InChI is InChI=1S/C15H20ClN3OS/c1-9(6-7-19(2)3)18-15(20)14-13(17)11-5-4-10(16)8-12(11)21-14/h4-5,8-9H,6-7,17H2,1-3H3,(H,18,20). The Morgan fingerprint density at radius 3 is 2.86 bits per heavy atom. The molecule has 1 amide bonds. The molecule has 1 heterocycles. The van der Waals surface area contributed by atoms with E-state index in [1.165, 1.54) is 11.3 Å². The number of hydrogen-bond acceptors (Lipinski definition) is 4. The third kappa shape index (κ3) is 3.87. The van der Waals surface area contributed by atoms with Crippen LogP contribution in [0.3, 0.4) is 0 Å². The molecule has 0 saturated carbocycles. The Balaban J connectivity index is 2.14. The number of carbonyl (C=O) groups excluding carboxylic acids is 1. The predicted molar refractivity (Wildman–Crippen MR) is 91.3 cm³/mol. The smallest absolute Gasteiger partial charge is 0.263 e. The van der Waals surface area contributed by atoms with Crippen LogP contribution in [0, 0.1) is 0 Å². The van der Waals surface area contributed by atoms with Gasteiger partial charge in [-0.15, -0.1) is 11.3 Å². The molecular weight excluding hydrogens is 306 g/mol. The van der Waals surface area contributed by atoms with E-state index in [0.717, 1.165) is 23.1 Å². The first-order chi connectivity index (χ1) is 9.88. The third-order valence-corrected chi connectivity index (χ3v) is 4.69. The highest BCUT2D eigenvalue weighted by atomic mass is 35.5. The van der Waals surface area contributed by atoms with Crippen LogP contribution in [0.15, 0.2) is 18.2 Å². The van der Waals surface area contributed by atoms with Gasteiger partial charge in [-0.1, -0.05) is 11.6 Å². The van der Waals surface area contributed by atoms with Crippen molar-refractivity contribution in [2.75, 3.05) is 26.4 Å². The lowest BCUT2D eigenvalue weighted by Crippen LogP contribution is -2.34. The lowest BCUT2D eigenvalue weighted by Gasteiger charge is -2.16. The lowest BCUT2D eigenvalue weighted by atomic mass is 10.2. The molecule has 0 saturated heterocycles. The fraction of sp³-hybridized carbons (Fsp3) is 0.400. The van der Waals surface area contributed by atoms with Gasteiger partial charge in [0.2, 0.25) is 0 Å². The Hall–Kier alpha value is -1.30. The first kappa shape index (κ1) is 16.1. The van der Waals surface area contributed by atoms with Crippen LogP contribution in [-0.4, -0.2) is 37.5 Å². The fourth-order valence-electron chi connectivity index (χ4n) is 2.07. The third-order valence-electron chi connectivity index (χ3n) is 3.28. The lowest BCUT2D eigenvalue weighted by molar-refractivity contribution is 0.0942. The number of amides is 1. The molecule has 1 aromatic carbocycles. The van der Waals surface area contributed by atoms with E-state index in [1.54, 1.807) is 6.07 Å². The van der Waals surface area contributed by atoms with Crippen LogP contribution in [-0.2, 0) is 0 Å². The SMILES string of the molecule is CC(CCN(C)C)NC(=O)c1sc2cc(Cl)ccc2c1N. The average Bonchev–Trinajstić information content (AvgIpc) is 2.73. The highest BCUT2D eigenvalue weighted by molar-refractivity contribution is 7.21. The van der Waals surface area contributed by atoms with Crippen molar-refractivity contribution in [2.24, 2.45) is 0 Å².